The Balaban J connectivity index is 1.41. The number of nitrogens with zero attached hydrogens (tertiary/aromatic N) is 4. The van der Waals surface area contributed by atoms with Crippen LogP contribution in [0, 0.1) is 0 Å². The molecule has 2 fully saturated rings. The Morgan fingerprint density at radius 1 is 1.14 bits per heavy atom. The molecular weight excluding hydrogens is 262 g/mol. The smallest absolute Gasteiger partial charge is 0.163 e. The third-order valence-electron chi connectivity index (χ3n) is 4.51. The van der Waals surface area contributed by atoms with Crippen LogP contribution in [0.4, 0.5) is 5.69 Å². The van der Waals surface area contributed by atoms with Crippen LogP contribution in [0.25, 0.3) is 11.4 Å². The zero-order valence-electron chi connectivity index (χ0n) is 12.4. The number of nitrogens with one attached hydrogen (secondary N) is 1. The Hall–Kier alpha value is -1.88. The monoisotopic (exact) mass is 283 g/mol. The number of likely N-dealkylation sites (tertiary alicyclic amines) is 1. The van der Waals surface area contributed by atoms with Crippen molar-refractivity contribution >= 4 is 5.69 Å². The lowest BCUT2D eigenvalue weighted by Crippen LogP contribution is -2.27. The summed E-state index contributed by atoms with van der Waals surface area (Å²) in [6, 6.07) is 9.98. The number of rotatable bonds is 4. The molecule has 0 amide bonds. The number of hydrogen-bond donors (Lipinski definition) is 1. The minimum absolute atomic E-state index is 0.589. The molecule has 4 rings (SSSR count). The van der Waals surface area contributed by atoms with Crippen LogP contribution in [0.2, 0.25) is 0 Å². The molecular formula is C16H21N5. The molecule has 1 aromatic carbocycles. The normalized spacial score (nSPS) is 22.6. The van der Waals surface area contributed by atoms with Gasteiger partial charge in [-0.1, -0.05) is 0 Å². The average Bonchev–Trinajstić information content (AvgIpc) is 3.10. The van der Waals surface area contributed by atoms with E-state index in [0.29, 0.717) is 6.04 Å². The molecule has 21 heavy (non-hydrogen) atoms. The van der Waals surface area contributed by atoms with Crippen LogP contribution in [-0.2, 0) is 7.05 Å². The lowest BCUT2D eigenvalue weighted by Gasteiger charge is -2.16. The van der Waals surface area contributed by atoms with Crippen molar-refractivity contribution in [2.45, 2.75) is 31.3 Å². The van der Waals surface area contributed by atoms with Gasteiger partial charge in [0.1, 0.15) is 6.33 Å². The summed E-state index contributed by atoms with van der Waals surface area (Å²) in [6.07, 6.45) is 5.78. The Morgan fingerprint density at radius 2 is 1.95 bits per heavy atom. The van der Waals surface area contributed by atoms with Crippen molar-refractivity contribution in [3.05, 3.63) is 30.6 Å². The molecule has 1 N–H and O–H groups in total. The Labute approximate surface area is 125 Å². The van der Waals surface area contributed by atoms with E-state index < -0.39 is 0 Å². The second kappa shape index (κ2) is 5.15. The van der Waals surface area contributed by atoms with Crippen LogP contribution < -0.4 is 5.32 Å². The first kappa shape index (κ1) is 12.8. The van der Waals surface area contributed by atoms with Crippen molar-refractivity contribution in [2.24, 2.45) is 7.05 Å². The molecule has 1 aliphatic heterocycles. The van der Waals surface area contributed by atoms with Gasteiger partial charge in [-0.05, 0) is 43.5 Å². The van der Waals surface area contributed by atoms with Crippen LogP contribution in [-0.4, -0.2) is 44.8 Å². The number of anilines is 1. The van der Waals surface area contributed by atoms with Gasteiger partial charge in [-0.25, -0.2) is 0 Å². The molecule has 1 atom stereocenters. The molecule has 110 valence electrons. The van der Waals surface area contributed by atoms with Crippen molar-refractivity contribution in [3.8, 4) is 11.4 Å². The fourth-order valence-corrected chi connectivity index (χ4v) is 3.17. The molecule has 1 aromatic heterocycles. The Kier molecular flexibility index (Phi) is 3.15. The molecule has 0 radical (unpaired) electrons. The minimum atomic E-state index is 0.589. The predicted octanol–water partition coefficient (Wildman–Crippen LogP) is 2.13. The van der Waals surface area contributed by atoms with Crippen molar-refractivity contribution in [1.29, 1.82) is 0 Å². The van der Waals surface area contributed by atoms with Gasteiger partial charge in [-0.2, -0.15) is 0 Å². The van der Waals surface area contributed by atoms with E-state index in [-0.39, 0.29) is 0 Å². The molecule has 0 spiro atoms. The van der Waals surface area contributed by atoms with E-state index in [1.54, 1.807) is 6.33 Å². The maximum Gasteiger partial charge on any atom is 0.163 e. The zero-order chi connectivity index (χ0) is 14.2. The SMILES string of the molecule is Cn1cnnc1-c1ccc(NC2CCN(C3CC3)C2)cc1. The molecule has 1 saturated carbocycles. The highest BCUT2D eigenvalue weighted by Crippen LogP contribution is 2.30. The van der Waals surface area contributed by atoms with E-state index in [1.807, 2.05) is 11.6 Å². The maximum atomic E-state index is 4.14. The molecule has 1 aliphatic carbocycles. The van der Waals surface area contributed by atoms with Gasteiger partial charge < -0.3 is 9.88 Å². The predicted molar refractivity (Wildman–Crippen MR) is 83.1 cm³/mol. The number of benzene rings is 1. The van der Waals surface area contributed by atoms with Crippen molar-refractivity contribution in [2.75, 3.05) is 18.4 Å². The highest BCUT2D eigenvalue weighted by molar-refractivity contribution is 5.60. The minimum Gasteiger partial charge on any atom is -0.381 e. The number of aromatic nitrogens is 3. The van der Waals surface area contributed by atoms with Gasteiger partial charge in [0.15, 0.2) is 5.82 Å². The summed E-state index contributed by atoms with van der Waals surface area (Å²) in [5.41, 5.74) is 2.30. The highest BCUT2D eigenvalue weighted by Gasteiger charge is 2.34. The Morgan fingerprint density at radius 3 is 2.62 bits per heavy atom. The van der Waals surface area contributed by atoms with Gasteiger partial charge in [0.25, 0.3) is 0 Å². The second-order valence-corrected chi connectivity index (χ2v) is 6.20. The molecule has 5 heteroatoms. The van der Waals surface area contributed by atoms with E-state index in [2.05, 4.69) is 44.7 Å². The standard InChI is InChI=1S/C16H21N5/c1-20-11-17-19-16(20)12-2-4-13(5-3-12)18-14-8-9-21(10-14)15-6-7-15/h2-5,11,14-15,18H,6-10H2,1H3. The zero-order valence-corrected chi connectivity index (χ0v) is 12.4. The van der Waals surface area contributed by atoms with Gasteiger partial charge >= 0.3 is 0 Å². The first-order valence-corrected chi connectivity index (χ1v) is 7.74. The van der Waals surface area contributed by atoms with E-state index >= 15 is 0 Å². The largest absolute Gasteiger partial charge is 0.381 e. The van der Waals surface area contributed by atoms with Crippen LogP contribution in [0.15, 0.2) is 30.6 Å². The summed E-state index contributed by atoms with van der Waals surface area (Å²) in [6.45, 7) is 2.44. The maximum absolute atomic E-state index is 4.14. The molecule has 1 unspecified atom stereocenters. The van der Waals surface area contributed by atoms with E-state index in [4.69, 9.17) is 0 Å². The van der Waals surface area contributed by atoms with Gasteiger partial charge in [-0.3, -0.25) is 4.90 Å². The Bertz CT molecular complexity index is 614. The summed E-state index contributed by atoms with van der Waals surface area (Å²) in [7, 11) is 1.96. The molecule has 5 nitrogen and oxygen atoms in total. The third-order valence-corrected chi connectivity index (χ3v) is 4.51. The van der Waals surface area contributed by atoms with Crippen molar-refractivity contribution in [1.82, 2.24) is 19.7 Å². The average molecular weight is 283 g/mol. The number of aryl methyl sites for hydroxylation is 1. The van der Waals surface area contributed by atoms with Crippen LogP contribution >= 0.6 is 0 Å². The van der Waals surface area contributed by atoms with E-state index in [1.165, 1.54) is 38.0 Å². The van der Waals surface area contributed by atoms with Gasteiger partial charge in [0, 0.05) is 43.5 Å². The summed E-state index contributed by atoms with van der Waals surface area (Å²) < 4.78 is 1.94. The first-order chi connectivity index (χ1) is 10.3. The molecule has 2 heterocycles. The quantitative estimate of drug-likeness (QED) is 0.933. The van der Waals surface area contributed by atoms with Crippen LogP contribution in [0.3, 0.4) is 0 Å². The molecule has 1 saturated heterocycles. The summed E-state index contributed by atoms with van der Waals surface area (Å²) in [4.78, 5) is 2.63. The van der Waals surface area contributed by atoms with E-state index in [9.17, 15) is 0 Å². The summed E-state index contributed by atoms with van der Waals surface area (Å²) >= 11 is 0. The van der Waals surface area contributed by atoms with Crippen molar-refractivity contribution < 1.29 is 0 Å². The fraction of sp³-hybridized carbons (Fsp3) is 0.500. The molecule has 2 aromatic rings. The van der Waals surface area contributed by atoms with E-state index in [0.717, 1.165) is 17.4 Å². The van der Waals surface area contributed by atoms with Crippen LogP contribution in [0.1, 0.15) is 19.3 Å². The summed E-state index contributed by atoms with van der Waals surface area (Å²) in [5, 5.41) is 11.7. The lowest BCUT2D eigenvalue weighted by atomic mass is 10.1. The van der Waals surface area contributed by atoms with Crippen molar-refractivity contribution in [3.63, 3.8) is 0 Å². The van der Waals surface area contributed by atoms with Crippen LogP contribution in [0.5, 0.6) is 0 Å². The third kappa shape index (κ3) is 2.65. The second-order valence-electron chi connectivity index (χ2n) is 6.20. The van der Waals surface area contributed by atoms with Gasteiger partial charge in [0.2, 0.25) is 0 Å². The topological polar surface area (TPSA) is 46.0 Å². The van der Waals surface area contributed by atoms with Gasteiger partial charge in [-0.15, -0.1) is 10.2 Å². The number of hydrogen-bond acceptors (Lipinski definition) is 4. The molecule has 0 bridgehead atoms. The fourth-order valence-electron chi connectivity index (χ4n) is 3.17. The molecule has 2 aliphatic rings. The lowest BCUT2D eigenvalue weighted by molar-refractivity contribution is 0.326. The highest BCUT2D eigenvalue weighted by atomic mass is 15.2. The summed E-state index contributed by atoms with van der Waals surface area (Å²) in [5.74, 6) is 0.905. The first-order valence-electron chi connectivity index (χ1n) is 7.74. The van der Waals surface area contributed by atoms with Gasteiger partial charge in [0.05, 0.1) is 0 Å².